The Bertz CT molecular complexity index is 727. The monoisotopic (exact) mass is 327 g/mol. The molecule has 7 heteroatoms. The van der Waals surface area contributed by atoms with Crippen LogP contribution in [0.5, 0.6) is 0 Å². The summed E-state index contributed by atoms with van der Waals surface area (Å²) in [4.78, 5) is 6.88. The van der Waals surface area contributed by atoms with Crippen molar-refractivity contribution in [1.82, 2.24) is 14.3 Å². The maximum absolute atomic E-state index is 12.6. The van der Waals surface area contributed by atoms with Crippen LogP contribution in [0.2, 0.25) is 5.02 Å². The summed E-state index contributed by atoms with van der Waals surface area (Å²) in [7, 11) is -2.10. The van der Waals surface area contributed by atoms with Crippen molar-refractivity contribution >= 4 is 21.6 Å². The van der Waals surface area contributed by atoms with Gasteiger partial charge in [-0.2, -0.15) is 4.31 Å². The molecule has 0 amide bonds. The lowest BCUT2D eigenvalue weighted by molar-refractivity contribution is 0.397. The van der Waals surface area contributed by atoms with E-state index in [2.05, 4.69) is 9.97 Å². The van der Waals surface area contributed by atoms with Crippen LogP contribution < -0.4 is 0 Å². The second-order valence-corrected chi connectivity index (χ2v) is 7.14. The van der Waals surface area contributed by atoms with Crippen LogP contribution in [0.3, 0.4) is 0 Å². The van der Waals surface area contributed by atoms with Gasteiger partial charge in [-0.3, -0.25) is 0 Å². The zero-order chi connectivity index (χ0) is 15.6. The first-order chi connectivity index (χ1) is 9.87. The summed E-state index contributed by atoms with van der Waals surface area (Å²) in [5, 5.41) is 0.645. The van der Waals surface area contributed by atoms with Gasteiger partial charge in [-0.15, -0.1) is 0 Å². The third-order valence-corrected chi connectivity index (χ3v) is 5.68. The predicted octanol–water partition coefficient (Wildman–Crippen LogP) is 3.01. The predicted molar refractivity (Wildman–Crippen MR) is 82.8 cm³/mol. The molecule has 2 aromatic rings. The molecule has 0 saturated carbocycles. The molecule has 5 nitrogen and oxygen atoms in total. The average Bonchev–Trinajstić information content (AvgIpc) is 2.96. The van der Waals surface area contributed by atoms with E-state index in [1.54, 1.807) is 13.0 Å². The van der Waals surface area contributed by atoms with Crippen molar-refractivity contribution in [3.63, 3.8) is 0 Å². The first kappa shape index (κ1) is 16.0. The quantitative estimate of drug-likeness (QED) is 0.918. The minimum absolute atomic E-state index is 0.0979. The molecular formula is C14H18ClN3O2S. The molecule has 0 saturated heterocycles. The number of aryl methyl sites for hydroxylation is 1. The summed E-state index contributed by atoms with van der Waals surface area (Å²) >= 11 is 6.14. The number of sulfonamides is 1. The van der Waals surface area contributed by atoms with Gasteiger partial charge in [0.25, 0.3) is 10.0 Å². The zero-order valence-electron chi connectivity index (χ0n) is 12.2. The van der Waals surface area contributed by atoms with Crippen molar-refractivity contribution in [1.29, 1.82) is 0 Å². The van der Waals surface area contributed by atoms with Gasteiger partial charge in [0, 0.05) is 24.5 Å². The number of hydrogen-bond acceptors (Lipinski definition) is 3. The van der Waals surface area contributed by atoms with Crippen molar-refractivity contribution in [2.75, 3.05) is 7.05 Å². The van der Waals surface area contributed by atoms with E-state index in [1.165, 1.54) is 17.5 Å². The van der Waals surface area contributed by atoms with Crippen LogP contribution in [0.25, 0.3) is 0 Å². The molecular weight excluding hydrogens is 310 g/mol. The molecule has 1 unspecified atom stereocenters. The van der Waals surface area contributed by atoms with E-state index in [0.29, 0.717) is 17.3 Å². The minimum atomic E-state index is -3.64. The SMILES string of the molecule is CCc1ncc(S(=O)(=O)N(C)C(C)c2ccccc2Cl)[nH]1. The summed E-state index contributed by atoms with van der Waals surface area (Å²) in [6.45, 7) is 3.71. The van der Waals surface area contributed by atoms with Crippen LogP contribution in [-0.4, -0.2) is 29.7 Å². The first-order valence-electron chi connectivity index (χ1n) is 6.64. The topological polar surface area (TPSA) is 66.1 Å². The highest BCUT2D eigenvalue weighted by molar-refractivity contribution is 7.89. The first-order valence-corrected chi connectivity index (χ1v) is 8.46. The van der Waals surface area contributed by atoms with E-state index in [1.807, 2.05) is 25.1 Å². The highest BCUT2D eigenvalue weighted by Gasteiger charge is 2.28. The van der Waals surface area contributed by atoms with Crippen LogP contribution >= 0.6 is 11.6 Å². The maximum Gasteiger partial charge on any atom is 0.260 e. The smallest absolute Gasteiger partial charge is 0.260 e. The van der Waals surface area contributed by atoms with Gasteiger partial charge in [-0.25, -0.2) is 13.4 Å². The largest absolute Gasteiger partial charge is 0.332 e. The molecule has 0 aliphatic rings. The Morgan fingerprint density at radius 2 is 2.05 bits per heavy atom. The fourth-order valence-electron chi connectivity index (χ4n) is 2.03. The lowest BCUT2D eigenvalue weighted by Crippen LogP contribution is -2.30. The highest BCUT2D eigenvalue weighted by Crippen LogP contribution is 2.29. The molecule has 114 valence electrons. The van der Waals surface area contributed by atoms with Gasteiger partial charge in [0.05, 0.1) is 6.20 Å². The molecule has 1 atom stereocenters. The molecule has 1 aromatic heterocycles. The van der Waals surface area contributed by atoms with Gasteiger partial charge in [0.2, 0.25) is 0 Å². The number of imidazole rings is 1. The Hall–Kier alpha value is -1.37. The fraction of sp³-hybridized carbons (Fsp3) is 0.357. The summed E-state index contributed by atoms with van der Waals surface area (Å²) < 4.78 is 26.5. The summed E-state index contributed by atoms with van der Waals surface area (Å²) in [5.74, 6) is 0.646. The minimum Gasteiger partial charge on any atom is -0.332 e. The normalized spacial score (nSPS) is 13.6. The van der Waals surface area contributed by atoms with Gasteiger partial charge in [0.1, 0.15) is 5.82 Å². The molecule has 0 aliphatic carbocycles. The molecule has 0 radical (unpaired) electrons. The van der Waals surface area contributed by atoms with Crippen molar-refractivity contribution in [2.45, 2.75) is 31.3 Å². The maximum atomic E-state index is 12.6. The Labute approximate surface area is 130 Å². The van der Waals surface area contributed by atoms with Crippen LogP contribution in [0.1, 0.15) is 31.3 Å². The van der Waals surface area contributed by atoms with Gasteiger partial charge in [-0.1, -0.05) is 36.7 Å². The van der Waals surface area contributed by atoms with Crippen molar-refractivity contribution in [3.05, 3.63) is 46.9 Å². The van der Waals surface area contributed by atoms with E-state index in [-0.39, 0.29) is 11.1 Å². The highest BCUT2D eigenvalue weighted by atomic mass is 35.5. The van der Waals surface area contributed by atoms with E-state index in [9.17, 15) is 8.42 Å². The Balaban J connectivity index is 2.34. The lowest BCUT2D eigenvalue weighted by Gasteiger charge is -2.24. The second kappa shape index (κ2) is 6.17. The number of hydrogen-bond donors (Lipinski definition) is 1. The second-order valence-electron chi connectivity index (χ2n) is 4.77. The molecule has 1 N–H and O–H groups in total. The van der Waals surface area contributed by atoms with E-state index in [0.717, 1.165) is 5.56 Å². The number of aromatic nitrogens is 2. The van der Waals surface area contributed by atoms with E-state index >= 15 is 0 Å². The molecule has 1 heterocycles. The zero-order valence-corrected chi connectivity index (χ0v) is 13.7. The molecule has 1 aromatic carbocycles. The van der Waals surface area contributed by atoms with Crippen LogP contribution in [-0.2, 0) is 16.4 Å². The Kier molecular flexibility index (Phi) is 4.70. The van der Waals surface area contributed by atoms with Crippen LogP contribution in [0, 0.1) is 0 Å². The Morgan fingerprint density at radius 1 is 1.38 bits per heavy atom. The number of benzene rings is 1. The van der Waals surface area contributed by atoms with Crippen molar-refractivity contribution < 1.29 is 8.42 Å². The number of halogens is 1. The third-order valence-electron chi connectivity index (χ3n) is 3.50. The molecule has 21 heavy (non-hydrogen) atoms. The number of nitrogens with one attached hydrogen (secondary N) is 1. The molecule has 0 fully saturated rings. The Morgan fingerprint density at radius 3 is 2.62 bits per heavy atom. The summed E-state index contributed by atoms with van der Waals surface area (Å²) in [6, 6.07) is 6.85. The number of H-pyrrole nitrogens is 1. The lowest BCUT2D eigenvalue weighted by atomic mass is 10.1. The van der Waals surface area contributed by atoms with Crippen molar-refractivity contribution in [3.8, 4) is 0 Å². The van der Waals surface area contributed by atoms with Crippen LogP contribution in [0.15, 0.2) is 35.5 Å². The van der Waals surface area contributed by atoms with Crippen LogP contribution in [0.4, 0.5) is 0 Å². The standard InChI is InChI=1S/C14H18ClN3O2S/c1-4-13-16-9-14(17-13)21(19,20)18(3)10(2)11-7-5-6-8-12(11)15/h5-10H,4H2,1-3H3,(H,16,17). The van der Waals surface area contributed by atoms with Crippen molar-refractivity contribution in [2.24, 2.45) is 0 Å². The summed E-state index contributed by atoms with van der Waals surface area (Å²) in [5.41, 5.74) is 0.764. The number of nitrogens with zero attached hydrogens (tertiary/aromatic N) is 2. The number of aromatic amines is 1. The van der Waals surface area contributed by atoms with Gasteiger partial charge in [-0.05, 0) is 18.6 Å². The van der Waals surface area contributed by atoms with Gasteiger partial charge in [0.15, 0.2) is 5.03 Å². The van der Waals surface area contributed by atoms with E-state index in [4.69, 9.17) is 11.6 Å². The fourth-order valence-corrected chi connectivity index (χ4v) is 3.59. The molecule has 0 aliphatic heterocycles. The third kappa shape index (κ3) is 3.12. The summed E-state index contributed by atoms with van der Waals surface area (Å²) in [6.07, 6.45) is 2.00. The van der Waals surface area contributed by atoms with E-state index < -0.39 is 10.0 Å². The molecule has 2 rings (SSSR count). The van der Waals surface area contributed by atoms with Gasteiger partial charge < -0.3 is 4.98 Å². The molecule has 0 bridgehead atoms. The average molecular weight is 328 g/mol. The molecule has 0 spiro atoms. The van der Waals surface area contributed by atoms with Gasteiger partial charge >= 0.3 is 0 Å². The number of rotatable bonds is 5.